The number of aliphatic hydroxyl groups excluding tert-OH is 1. The van der Waals surface area contributed by atoms with E-state index >= 15 is 0 Å². The molecule has 0 radical (unpaired) electrons. The summed E-state index contributed by atoms with van der Waals surface area (Å²) < 4.78 is 26.1. The number of aliphatic hydroxyl groups is 1. The molecule has 3 unspecified atom stereocenters. The summed E-state index contributed by atoms with van der Waals surface area (Å²) in [6, 6.07) is 7.91. The number of benzene rings is 1. The quantitative estimate of drug-likeness (QED) is 0.840. The van der Waals surface area contributed by atoms with Crippen LogP contribution >= 0.6 is 0 Å². The minimum absolute atomic E-state index is 0.00413. The molecule has 0 bridgehead atoms. The lowest BCUT2D eigenvalue weighted by atomic mass is 10.1. The molecule has 20 heavy (non-hydrogen) atoms. The Kier molecular flexibility index (Phi) is 3.58. The smallest absolute Gasteiger partial charge is 0.215 e. The van der Waals surface area contributed by atoms with Crippen LogP contribution in [0.4, 0.5) is 0 Å². The van der Waals surface area contributed by atoms with Crippen molar-refractivity contribution in [1.29, 1.82) is 0 Å². The van der Waals surface area contributed by atoms with Crippen LogP contribution in [-0.4, -0.2) is 49.9 Å². The summed E-state index contributed by atoms with van der Waals surface area (Å²) in [5.74, 6) is 0. The van der Waals surface area contributed by atoms with Crippen LogP contribution in [0.15, 0.2) is 24.3 Å². The Bertz CT molecular complexity index is 602. The molecule has 3 atom stereocenters. The summed E-state index contributed by atoms with van der Waals surface area (Å²) in [5.41, 5.74) is 2.15. The number of hydrogen-bond donors (Lipinski definition) is 2. The minimum Gasteiger partial charge on any atom is -0.387 e. The van der Waals surface area contributed by atoms with Gasteiger partial charge in [0, 0.05) is 12.6 Å². The molecular formula is C14H20N2O3S. The fraction of sp³-hybridized carbons (Fsp3) is 0.571. The van der Waals surface area contributed by atoms with Crippen molar-refractivity contribution in [2.75, 3.05) is 20.1 Å². The van der Waals surface area contributed by atoms with Crippen LogP contribution in [0.3, 0.4) is 0 Å². The third-order valence-electron chi connectivity index (χ3n) is 4.54. The van der Waals surface area contributed by atoms with Crippen LogP contribution < -0.4 is 4.72 Å². The molecule has 1 aliphatic carbocycles. The van der Waals surface area contributed by atoms with Crippen molar-refractivity contribution in [3.05, 3.63) is 35.4 Å². The standard InChI is InChI=1S/C14H20N2O3S/c1-15-20(18,19)11-6-7-16(9-11)13-8-10-4-2-3-5-12(10)14(13)17/h2-5,11,13-15,17H,6-9H2,1H3. The molecule has 1 aliphatic heterocycles. The minimum atomic E-state index is -3.22. The summed E-state index contributed by atoms with van der Waals surface area (Å²) in [6.07, 6.45) is 0.911. The fourth-order valence-corrected chi connectivity index (χ4v) is 4.49. The van der Waals surface area contributed by atoms with Crippen molar-refractivity contribution in [1.82, 2.24) is 9.62 Å². The molecule has 2 N–H and O–H groups in total. The Balaban J connectivity index is 1.75. The number of hydrogen-bond acceptors (Lipinski definition) is 4. The molecule has 1 heterocycles. The average Bonchev–Trinajstić information content (AvgIpc) is 3.05. The number of rotatable bonds is 3. The van der Waals surface area contributed by atoms with Crippen molar-refractivity contribution >= 4 is 10.0 Å². The van der Waals surface area contributed by atoms with Crippen molar-refractivity contribution in [3.63, 3.8) is 0 Å². The third kappa shape index (κ3) is 2.26. The van der Waals surface area contributed by atoms with Gasteiger partial charge < -0.3 is 5.11 Å². The molecule has 0 saturated carbocycles. The zero-order chi connectivity index (χ0) is 14.3. The van der Waals surface area contributed by atoms with E-state index in [1.165, 1.54) is 12.6 Å². The summed E-state index contributed by atoms with van der Waals surface area (Å²) in [6.45, 7) is 1.22. The van der Waals surface area contributed by atoms with Crippen LogP contribution in [0.2, 0.25) is 0 Å². The van der Waals surface area contributed by atoms with Crippen LogP contribution in [0, 0.1) is 0 Å². The summed E-state index contributed by atoms with van der Waals surface area (Å²) in [5, 5.41) is 10.1. The maximum Gasteiger partial charge on any atom is 0.215 e. The first kappa shape index (κ1) is 14.0. The van der Waals surface area contributed by atoms with E-state index in [0.717, 1.165) is 18.5 Å². The van der Waals surface area contributed by atoms with Crippen molar-refractivity contribution in [2.45, 2.75) is 30.2 Å². The van der Waals surface area contributed by atoms with Crippen LogP contribution in [0.1, 0.15) is 23.7 Å². The monoisotopic (exact) mass is 296 g/mol. The van der Waals surface area contributed by atoms with Gasteiger partial charge in [-0.3, -0.25) is 4.90 Å². The lowest BCUT2D eigenvalue weighted by Gasteiger charge is -2.26. The topological polar surface area (TPSA) is 69.6 Å². The molecule has 1 fully saturated rings. The van der Waals surface area contributed by atoms with Crippen LogP contribution in [-0.2, 0) is 16.4 Å². The van der Waals surface area contributed by atoms with Crippen molar-refractivity contribution in [3.8, 4) is 0 Å². The molecule has 2 aliphatic rings. The highest BCUT2D eigenvalue weighted by atomic mass is 32.2. The first-order chi connectivity index (χ1) is 9.53. The lowest BCUT2D eigenvalue weighted by Crippen LogP contribution is -2.39. The number of fused-ring (bicyclic) bond motifs is 1. The number of nitrogens with zero attached hydrogens (tertiary/aromatic N) is 1. The highest BCUT2D eigenvalue weighted by molar-refractivity contribution is 7.90. The van der Waals surface area contributed by atoms with Gasteiger partial charge in [0.2, 0.25) is 10.0 Å². The van der Waals surface area contributed by atoms with E-state index in [0.29, 0.717) is 13.0 Å². The van der Waals surface area contributed by atoms with Gasteiger partial charge in [-0.25, -0.2) is 13.1 Å². The predicted molar refractivity (Wildman–Crippen MR) is 76.9 cm³/mol. The Labute approximate surface area is 119 Å². The lowest BCUT2D eigenvalue weighted by molar-refractivity contribution is 0.0751. The molecule has 110 valence electrons. The Hall–Kier alpha value is -0.950. The molecule has 5 nitrogen and oxygen atoms in total. The molecule has 0 amide bonds. The maximum absolute atomic E-state index is 11.9. The second-order valence-corrected chi connectivity index (χ2v) is 7.73. The van der Waals surface area contributed by atoms with E-state index in [2.05, 4.69) is 9.62 Å². The molecule has 1 aromatic carbocycles. The summed E-state index contributed by atoms with van der Waals surface area (Å²) in [4.78, 5) is 2.12. The second-order valence-electron chi connectivity index (χ2n) is 5.57. The zero-order valence-electron chi connectivity index (χ0n) is 11.5. The van der Waals surface area contributed by atoms with E-state index in [9.17, 15) is 13.5 Å². The van der Waals surface area contributed by atoms with Crippen LogP contribution in [0.5, 0.6) is 0 Å². The Morgan fingerprint density at radius 1 is 1.35 bits per heavy atom. The predicted octanol–water partition coefficient (Wildman–Crippen LogP) is 0.268. The molecular weight excluding hydrogens is 276 g/mol. The molecule has 1 aromatic rings. The maximum atomic E-state index is 11.9. The van der Waals surface area contributed by atoms with Gasteiger partial charge in [0.05, 0.1) is 11.4 Å². The molecule has 6 heteroatoms. The Morgan fingerprint density at radius 3 is 2.80 bits per heavy atom. The van der Waals surface area contributed by atoms with Gasteiger partial charge in [-0.1, -0.05) is 24.3 Å². The zero-order valence-corrected chi connectivity index (χ0v) is 12.3. The van der Waals surface area contributed by atoms with Gasteiger partial charge in [-0.2, -0.15) is 0 Å². The van der Waals surface area contributed by atoms with Crippen molar-refractivity contribution < 1.29 is 13.5 Å². The third-order valence-corrected chi connectivity index (χ3v) is 6.37. The largest absolute Gasteiger partial charge is 0.387 e. The Morgan fingerprint density at radius 2 is 2.10 bits per heavy atom. The molecule has 3 rings (SSSR count). The van der Waals surface area contributed by atoms with Crippen LogP contribution in [0.25, 0.3) is 0 Å². The van der Waals surface area contributed by atoms with Gasteiger partial charge in [0.15, 0.2) is 0 Å². The van der Waals surface area contributed by atoms with E-state index in [4.69, 9.17) is 0 Å². The van der Waals surface area contributed by atoms with Gasteiger partial charge in [0.25, 0.3) is 0 Å². The van der Waals surface area contributed by atoms with E-state index < -0.39 is 16.1 Å². The highest BCUT2D eigenvalue weighted by Crippen LogP contribution is 2.36. The number of sulfonamides is 1. The summed E-state index contributed by atoms with van der Waals surface area (Å²) >= 11 is 0. The SMILES string of the molecule is CNS(=O)(=O)C1CCN(C2Cc3ccccc3C2O)C1. The van der Waals surface area contributed by atoms with Gasteiger partial charge in [0.1, 0.15) is 0 Å². The van der Waals surface area contributed by atoms with Crippen molar-refractivity contribution in [2.24, 2.45) is 0 Å². The first-order valence-electron chi connectivity index (χ1n) is 6.95. The first-order valence-corrected chi connectivity index (χ1v) is 8.50. The normalized spacial score (nSPS) is 30.6. The number of likely N-dealkylation sites (tertiary alicyclic amines) is 1. The van der Waals surface area contributed by atoms with E-state index in [1.54, 1.807) is 0 Å². The van der Waals surface area contributed by atoms with E-state index in [-0.39, 0.29) is 11.3 Å². The second kappa shape index (κ2) is 5.11. The highest BCUT2D eigenvalue weighted by Gasteiger charge is 2.41. The van der Waals surface area contributed by atoms with E-state index in [1.807, 2.05) is 24.3 Å². The molecule has 1 saturated heterocycles. The number of nitrogens with one attached hydrogen (secondary N) is 1. The van der Waals surface area contributed by atoms with Gasteiger partial charge in [-0.15, -0.1) is 0 Å². The van der Waals surface area contributed by atoms with Gasteiger partial charge in [-0.05, 0) is 37.6 Å². The molecule has 0 spiro atoms. The average molecular weight is 296 g/mol. The van der Waals surface area contributed by atoms with Gasteiger partial charge >= 0.3 is 0 Å². The summed E-state index contributed by atoms with van der Waals surface area (Å²) in [7, 11) is -1.76. The molecule has 0 aromatic heterocycles. The fourth-order valence-electron chi connectivity index (χ4n) is 3.36.